The van der Waals surface area contributed by atoms with Crippen LogP contribution in [0.15, 0.2) is 24.3 Å². The molecule has 1 aliphatic rings. The Morgan fingerprint density at radius 2 is 1.89 bits per heavy atom. The Labute approximate surface area is 101 Å². The van der Waals surface area contributed by atoms with Crippen LogP contribution in [0.25, 0.3) is 0 Å². The van der Waals surface area contributed by atoms with Gasteiger partial charge in [0, 0.05) is 6.04 Å². The van der Waals surface area contributed by atoms with E-state index in [9.17, 15) is 22.4 Å². The third-order valence-electron chi connectivity index (χ3n) is 2.70. The predicted molar refractivity (Wildman–Crippen MR) is 56.5 cm³/mol. The number of alkyl halides is 3. The van der Waals surface area contributed by atoms with E-state index in [-0.39, 0.29) is 5.56 Å². The third kappa shape index (κ3) is 3.00. The lowest BCUT2D eigenvalue weighted by Gasteiger charge is -2.23. The number of carbonyl (C=O) groups excluding carboxylic acids is 1. The van der Waals surface area contributed by atoms with E-state index in [0.29, 0.717) is 17.7 Å². The second kappa shape index (κ2) is 4.59. The predicted octanol–water partition coefficient (Wildman–Crippen LogP) is 2.99. The van der Waals surface area contributed by atoms with E-state index in [2.05, 4.69) is 0 Å². The fourth-order valence-corrected chi connectivity index (χ4v) is 1.74. The molecule has 2 rings (SSSR count). The SMILES string of the molecule is O=C(c1ccccc1F)N(CC(F)(F)F)C1CC1. The van der Waals surface area contributed by atoms with Gasteiger partial charge in [-0.2, -0.15) is 13.2 Å². The highest BCUT2D eigenvalue weighted by Gasteiger charge is 2.41. The molecule has 1 fully saturated rings. The third-order valence-corrected chi connectivity index (χ3v) is 2.70. The Morgan fingerprint density at radius 3 is 2.39 bits per heavy atom. The summed E-state index contributed by atoms with van der Waals surface area (Å²) in [5.74, 6) is -1.69. The number of benzene rings is 1. The molecule has 1 aromatic carbocycles. The lowest BCUT2D eigenvalue weighted by molar-refractivity contribution is -0.141. The van der Waals surface area contributed by atoms with Gasteiger partial charge in [0.05, 0.1) is 5.56 Å². The maximum atomic E-state index is 13.4. The molecule has 0 unspecified atom stereocenters. The Hall–Kier alpha value is -1.59. The van der Waals surface area contributed by atoms with Gasteiger partial charge in [0.15, 0.2) is 0 Å². The molecule has 0 atom stereocenters. The van der Waals surface area contributed by atoms with Crippen LogP contribution in [0.2, 0.25) is 0 Å². The molecule has 1 saturated carbocycles. The first kappa shape index (κ1) is 12.9. The van der Waals surface area contributed by atoms with Crippen LogP contribution in [0.5, 0.6) is 0 Å². The van der Waals surface area contributed by atoms with Crippen molar-refractivity contribution in [2.24, 2.45) is 0 Å². The molecule has 1 amide bonds. The van der Waals surface area contributed by atoms with Crippen molar-refractivity contribution < 1.29 is 22.4 Å². The molecule has 2 nitrogen and oxygen atoms in total. The summed E-state index contributed by atoms with van der Waals surface area (Å²) in [6.07, 6.45) is -3.39. The van der Waals surface area contributed by atoms with Crippen LogP contribution < -0.4 is 0 Å². The number of rotatable bonds is 3. The topological polar surface area (TPSA) is 20.3 Å². The van der Waals surface area contributed by atoms with Gasteiger partial charge in [-0.15, -0.1) is 0 Å². The van der Waals surface area contributed by atoms with Crippen molar-refractivity contribution in [3.05, 3.63) is 35.6 Å². The summed E-state index contributed by atoms with van der Waals surface area (Å²) >= 11 is 0. The molecule has 0 aromatic heterocycles. The van der Waals surface area contributed by atoms with E-state index in [0.717, 1.165) is 6.07 Å². The van der Waals surface area contributed by atoms with Crippen molar-refractivity contribution in [3.8, 4) is 0 Å². The van der Waals surface area contributed by atoms with Crippen LogP contribution in [0.3, 0.4) is 0 Å². The van der Waals surface area contributed by atoms with Gasteiger partial charge in [0.2, 0.25) is 0 Å². The van der Waals surface area contributed by atoms with Crippen LogP contribution in [-0.2, 0) is 0 Å². The lowest BCUT2D eigenvalue weighted by Crippen LogP contribution is -2.40. The minimum absolute atomic E-state index is 0.311. The van der Waals surface area contributed by atoms with Crippen molar-refractivity contribution in [2.45, 2.75) is 25.1 Å². The van der Waals surface area contributed by atoms with Crippen LogP contribution in [0.1, 0.15) is 23.2 Å². The summed E-state index contributed by atoms with van der Waals surface area (Å²) in [5, 5.41) is 0. The zero-order valence-corrected chi connectivity index (χ0v) is 9.38. The summed E-state index contributed by atoms with van der Waals surface area (Å²) < 4.78 is 50.5. The monoisotopic (exact) mass is 261 g/mol. The van der Waals surface area contributed by atoms with Gasteiger partial charge in [0.25, 0.3) is 5.91 Å². The van der Waals surface area contributed by atoms with E-state index in [1.807, 2.05) is 0 Å². The van der Waals surface area contributed by atoms with Crippen LogP contribution in [-0.4, -0.2) is 29.6 Å². The van der Waals surface area contributed by atoms with E-state index in [4.69, 9.17) is 0 Å². The summed E-state index contributed by atoms with van der Waals surface area (Å²) in [5.41, 5.74) is -0.311. The molecule has 0 N–H and O–H groups in total. The Balaban J connectivity index is 2.21. The zero-order chi connectivity index (χ0) is 13.3. The maximum Gasteiger partial charge on any atom is 0.406 e. The number of amides is 1. The average Bonchev–Trinajstić information content (AvgIpc) is 3.08. The highest BCUT2D eigenvalue weighted by molar-refractivity contribution is 5.94. The number of hydrogen-bond acceptors (Lipinski definition) is 1. The average molecular weight is 261 g/mol. The van der Waals surface area contributed by atoms with Gasteiger partial charge >= 0.3 is 6.18 Å². The number of hydrogen-bond donors (Lipinski definition) is 0. The van der Waals surface area contributed by atoms with E-state index in [1.54, 1.807) is 0 Å². The number of halogens is 4. The molecule has 1 aromatic rings. The summed E-state index contributed by atoms with van der Waals surface area (Å²) in [4.78, 5) is 12.6. The Kier molecular flexibility index (Phi) is 3.28. The lowest BCUT2D eigenvalue weighted by atomic mass is 10.2. The highest BCUT2D eigenvalue weighted by Crippen LogP contribution is 2.31. The summed E-state index contributed by atoms with van der Waals surface area (Å²) in [6, 6.07) is 4.65. The number of nitrogens with zero attached hydrogens (tertiary/aromatic N) is 1. The molecule has 0 bridgehead atoms. The van der Waals surface area contributed by atoms with Crippen LogP contribution >= 0.6 is 0 Å². The fourth-order valence-electron chi connectivity index (χ4n) is 1.74. The smallest absolute Gasteiger partial charge is 0.326 e. The fraction of sp³-hybridized carbons (Fsp3) is 0.417. The Bertz CT molecular complexity index is 454. The molecule has 0 saturated heterocycles. The van der Waals surface area contributed by atoms with Gasteiger partial charge in [-0.3, -0.25) is 4.79 Å². The standard InChI is InChI=1S/C12H11F4NO/c13-10-4-2-1-3-9(10)11(18)17(8-5-6-8)7-12(14,15)16/h1-4,8H,5-7H2. The van der Waals surface area contributed by atoms with Crippen molar-refractivity contribution >= 4 is 5.91 Å². The van der Waals surface area contributed by atoms with Crippen molar-refractivity contribution in [1.82, 2.24) is 4.90 Å². The first-order valence-electron chi connectivity index (χ1n) is 5.51. The minimum Gasteiger partial charge on any atom is -0.326 e. The molecular formula is C12H11F4NO. The zero-order valence-electron chi connectivity index (χ0n) is 9.38. The van der Waals surface area contributed by atoms with Crippen molar-refractivity contribution in [1.29, 1.82) is 0 Å². The quantitative estimate of drug-likeness (QED) is 0.766. The summed E-state index contributed by atoms with van der Waals surface area (Å²) in [7, 11) is 0. The Morgan fingerprint density at radius 1 is 1.28 bits per heavy atom. The van der Waals surface area contributed by atoms with Gasteiger partial charge in [-0.25, -0.2) is 4.39 Å². The van der Waals surface area contributed by atoms with E-state index < -0.39 is 30.5 Å². The normalized spacial score (nSPS) is 15.6. The molecule has 0 spiro atoms. The first-order chi connectivity index (χ1) is 8.38. The van der Waals surface area contributed by atoms with Gasteiger partial charge in [-0.05, 0) is 25.0 Å². The van der Waals surface area contributed by atoms with Crippen LogP contribution in [0, 0.1) is 5.82 Å². The molecule has 18 heavy (non-hydrogen) atoms. The molecule has 0 radical (unpaired) electrons. The molecule has 0 aliphatic heterocycles. The molecule has 0 heterocycles. The number of carbonyl (C=O) groups is 1. The minimum atomic E-state index is -4.47. The molecule has 98 valence electrons. The summed E-state index contributed by atoms with van der Waals surface area (Å²) in [6.45, 7) is -1.33. The second-order valence-corrected chi connectivity index (χ2v) is 4.26. The maximum absolute atomic E-state index is 13.4. The van der Waals surface area contributed by atoms with Gasteiger partial charge in [0.1, 0.15) is 12.4 Å². The largest absolute Gasteiger partial charge is 0.406 e. The second-order valence-electron chi connectivity index (χ2n) is 4.26. The van der Waals surface area contributed by atoms with Crippen molar-refractivity contribution in [3.63, 3.8) is 0 Å². The molecule has 1 aliphatic carbocycles. The highest BCUT2D eigenvalue weighted by atomic mass is 19.4. The first-order valence-corrected chi connectivity index (χ1v) is 5.51. The van der Waals surface area contributed by atoms with E-state index >= 15 is 0 Å². The van der Waals surface area contributed by atoms with Crippen LogP contribution in [0.4, 0.5) is 17.6 Å². The van der Waals surface area contributed by atoms with Gasteiger partial charge < -0.3 is 4.90 Å². The van der Waals surface area contributed by atoms with Crippen molar-refractivity contribution in [2.75, 3.05) is 6.54 Å². The molecule has 6 heteroatoms. The molecular weight excluding hydrogens is 250 g/mol. The van der Waals surface area contributed by atoms with Gasteiger partial charge in [-0.1, -0.05) is 12.1 Å². The van der Waals surface area contributed by atoms with E-state index in [1.165, 1.54) is 18.2 Å².